The molecule has 0 spiro atoms. The summed E-state index contributed by atoms with van der Waals surface area (Å²) in [5.74, 6) is 0.239. The average Bonchev–Trinajstić information content (AvgIpc) is 2.76. The summed E-state index contributed by atoms with van der Waals surface area (Å²) in [6, 6.07) is 23.6. The second-order valence-corrected chi connectivity index (χ2v) is 6.91. The molecular formula is C23H18BClN2O2. The fourth-order valence-electron chi connectivity index (χ4n) is 2.90. The lowest BCUT2D eigenvalue weighted by atomic mass is 9.55. The molecule has 1 heterocycles. The minimum absolute atomic E-state index is 0.239. The largest absolute Gasteiger partial charge is 0.506 e. The van der Waals surface area contributed by atoms with E-state index in [0.29, 0.717) is 21.6 Å². The predicted octanol–water partition coefficient (Wildman–Crippen LogP) is 3.56. The molecular weight excluding hydrogens is 383 g/mol. The van der Waals surface area contributed by atoms with Crippen molar-refractivity contribution in [1.29, 1.82) is 5.26 Å². The molecule has 2 N–H and O–H groups in total. The fraction of sp³-hybridized carbons (Fsp3) is 0.0435. The monoisotopic (exact) mass is 400 g/mol. The Morgan fingerprint density at radius 1 is 0.966 bits per heavy atom. The normalized spacial score (nSPS) is 10.0. The van der Waals surface area contributed by atoms with E-state index >= 15 is 0 Å². The smallest absolute Gasteiger partial charge is 0.359 e. The van der Waals surface area contributed by atoms with Crippen molar-refractivity contribution >= 4 is 40.3 Å². The minimum atomic E-state index is -0.741. The van der Waals surface area contributed by atoms with Crippen LogP contribution >= 0.6 is 11.6 Å². The number of phenolic OH excluding ortho intramolecular Hbond substituents is 1. The molecule has 0 aliphatic heterocycles. The molecule has 4 aromatic rings. The van der Waals surface area contributed by atoms with Crippen LogP contribution in [0, 0.1) is 18.3 Å². The molecule has 6 heteroatoms. The van der Waals surface area contributed by atoms with E-state index < -0.39 is 6.92 Å². The Hall–Kier alpha value is -3.33. The molecule has 0 saturated carbocycles. The van der Waals surface area contributed by atoms with Crippen LogP contribution < -0.4 is 10.9 Å². The number of hydrogen-bond acceptors (Lipinski definition) is 4. The zero-order valence-electron chi connectivity index (χ0n) is 15.7. The van der Waals surface area contributed by atoms with Crippen molar-refractivity contribution in [1.82, 2.24) is 4.98 Å². The third-order valence-corrected chi connectivity index (χ3v) is 4.86. The van der Waals surface area contributed by atoms with Gasteiger partial charge in [-0.2, -0.15) is 5.26 Å². The Morgan fingerprint density at radius 3 is 2.41 bits per heavy atom. The van der Waals surface area contributed by atoms with Gasteiger partial charge >= 0.3 is 6.92 Å². The van der Waals surface area contributed by atoms with E-state index in [2.05, 4.69) is 11.1 Å². The van der Waals surface area contributed by atoms with Gasteiger partial charge in [-0.05, 0) is 53.7 Å². The molecule has 0 fully saturated rings. The quantitative estimate of drug-likeness (QED) is 0.504. The van der Waals surface area contributed by atoms with Crippen LogP contribution in [0.4, 0.5) is 0 Å². The van der Waals surface area contributed by atoms with E-state index in [9.17, 15) is 10.1 Å². The van der Waals surface area contributed by atoms with Crippen LogP contribution in [0.3, 0.4) is 0 Å². The summed E-state index contributed by atoms with van der Waals surface area (Å²) in [5.41, 5.74) is 3.60. The summed E-state index contributed by atoms with van der Waals surface area (Å²) in [5, 5.41) is 30.1. The maximum atomic E-state index is 10.3. The fourth-order valence-corrected chi connectivity index (χ4v) is 3.01. The third-order valence-electron chi connectivity index (χ3n) is 4.44. The molecule has 142 valence electrons. The molecule has 0 atom stereocenters. The molecule has 3 aromatic carbocycles. The molecule has 1 aromatic heterocycles. The van der Waals surface area contributed by atoms with Crippen LogP contribution in [-0.4, -0.2) is 22.0 Å². The number of halogens is 1. The van der Waals surface area contributed by atoms with Gasteiger partial charge in [-0.1, -0.05) is 54.1 Å². The first-order valence-corrected chi connectivity index (χ1v) is 9.34. The number of aromatic hydroxyl groups is 1. The van der Waals surface area contributed by atoms with E-state index in [1.54, 1.807) is 54.7 Å². The van der Waals surface area contributed by atoms with Crippen molar-refractivity contribution < 1.29 is 10.1 Å². The molecule has 0 saturated heterocycles. The van der Waals surface area contributed by atoms with Gasteiger partial charge in [-0.25, -0.2) is 0 Å². The third kappa shape index (κ3) is 4.94. The van der Waals surface area contributed by atoms with Crippen LogP contribution in [0.25, 0.3) is 10.9 Å². The van der Waals surface area contributed by atoms with E-state index in [1.165, 1.54) is 0 Å². The Bertz CT molecular complexity index is 1190. The lowest BCUT2D eigenvalue weighted by molar-refractivity contribution is 0.480. The zero-order valence-corrected chi connectivity index (χ0v) is 16.5. The number of nitrogens with zero attached hydrogens (tertiary/aromatic N) is 2. The highest BCUT2D eigenvalue weighted by Crippen LogP contribution is 2.20. The maximum Gasteiger partial charge on any atom is 0.359 e. The summed E-state index contributed by atoms with van der Waals surface area (Å²) in [4.78, 5) is 4.03. The first kappa shape index (κ1) is 20.4. The Morgan fingerprint density at radius 2 is 1.69 bits per heavy atom. The topological polar surface area (TPSA) is 77.1 Å². The van der Waals surface area contributed by atoms with Gasteiger partial charge in [0.25, 0.3) is 0 Å². The summed E-state index contributed by atoms with van der Waals surface area (Å²) >= 11 is 5.95. The van der Waals surface area contributed by atoms with Gasteiger partial charge in [0.05, 0.1) is 11.6 Å². The van der Waals surface area contributed by atoms with Crippen molar-refractivity contribution in [3.8, 4) is 11.8 Å². The molecule has 29 heavy (non-hydrogen) atoms. The van der Waals surface area contributed by atoms with E-state index in [4.69, 9.17) is 16.9 Å². The Labute approximate surface area is 174 Å². The van der Waals surface area contributed by atoms with E-state index in [1.807, 2.05) is 31.2 Å². The number of hydrogen-bond donors (Lipinski definition) is 2. The molecule has 4 rings (SSSR count). The van der Waals surface area contributed by atoms with Crippen molar-refractivity contribution in [2.75, 3.05) is 0 Å². The van der Waals surface area contributed by atoms with Gasteiger partial charge in [0.2, 0.25) is 0 Å². The minimum Gasteiger partial charge on any atom is -0.506 e. The molecule has 4 nitrogen and oxygen atoms in total. The highest BCUT2D eigenvalue weighted by Gasteiger charge is 2.17. The Kier molecular flexibility index (Phi) is 6.51. The number of rotatable bonds is 2. The van der Waals surface area contributed by atoms with Crippen LogP contribution in [0.15, 0.2) is 79.0 Å². The summed E-state index contributed by atoms with van der Waals surface area (Å²) in [6.07, 6.45) is 1.67. The molecule has 0 bridgehead atoms. The van der Waals surface area contributed by atoms with E-state index in [0.717, 1.165) is 16.4 Å². The standard InChI is InChI=1S/C14H11BClNO.C9H7NO/c1-10-7-13(5-6-14(10)16)15(18)12-4-2-3-11(8-12)9-17;11-8-5-1-3-7-4-2-6-10-9(7)8/h2-8,18H,1H3;1-6,11H. The number of pyridine rings is 1. The second-order valence-electron chi connectivity index (χ2n) is 6.50. The molecule has 0 aliphatic carbocycles. The summed E-state index contributed by atoms with van der Waals surface area (Å²) in [7, 11) is 0. The molecule has 0 aliphatic rings. The number of nitriles is 1. The van der Waals surface area contributed by atoms with Crippen molar-refractivity contribution in [2.24, 2.45) is 0 Å². The van der Waals surface area contributed by atoms with Crippen LogP contribution in [0.5, 0.6) is 5.75 Å². The zero-order chi connectivity index (χ0) is 20.8. The first-order chi connectivity index (χ1) is 14.0. The highest BCUT2D eigenvalue weighted by molar-refractivity contribution is 6.79. The predicted molar refractivity (Wildman–Crippen MR) is 118 cm³/mol. The van der Waals surface area contributed by atoms with Gasteiger partial charge < -0.3 is 10.1 Å². The SMILES string of the molecule is Cc1cc(B(O)c2cccc(C#N)c2)ccc1Cl.Oc1cccc2cccnc12. The van der Waals surface area contributed by atoms with Crippen molar-refractivity contribution in [3.05, 3.63) is 95.1 Å². The van der Waals surface area contributed by atoms with Crippen LogP contribution in [0.1, 0.15) is 11.1 Å². The average molecular weight is 401 g/mol. The van der Waals surface area contributed by atoms with Gasteiger partial charge in [-0.15, -0.1) is 0 Å². The van der Waals surface area contributed by atoms with Gasteiger partial charge in [0.1, 0.15) is 11.3 Å². The second kappa shape index (κ2) is 9.25. The number of benzene rings is 3. The molecule has 0 unspecified atom stereocenters. The summed E-state index contributed by atoms with van der Waals surface area (Å²) < 4.78 is 0. The first-order valence-electron chi connectivity index (χ1n) is 8.96. The number of fused-ring (bicyclic) bond motifs is 1. The lowest BCUT2D eigenvalue weighted by Crippen LogP contribution is -2.42. The number of phenols is 1. The summed E-state index contributed by atoms with van der Waals surface area (Å²) in [6.45, 7) is 1.15. The lowest BCUT2D eigenvalue weighted by Gasteiger charge is -2.09. The molecule has 0 amide bonds. The van der Waals surface area contributed by atoms with E-state index in [-0.39, 0.29) is 5.75 Å². The molecule has 0 radical (unpaired) electrons. The van der Waals surface area contributed by atoms with Crippen molar-refractivity contribution in [2.45, 2.75) is 6.92 Å². The number of para-hydroxylation sites is 1. The Balaban J connectivity index is 0.000000186. The maximum absolute atomic E-state index is 10.3. The number of aromatic nitrogens is 1. The van der Waals surface area contributed by atoms with Crippen molar-refractivity contribution in [3.63, 3.8) is 0 Å². The van der Waals surface area contributed by atoms with Gasteiger partial charge in [0, 0.05) is 16.6 Å². The van der Waals surface area contributed by atoms with Crippen LogP contribution in [0.2, 0.25) is 5.02 Å². The highest BCUT2D eigenvalue weighted by atomic mass is 35.5. The van der Waals surface area contributed by atoms with Gasteiger partial charge in [0.15, 0.2) is 0 Å². The van der Waals surface area contributed by atoms with Crippen LogP contribution in [-0.2, 0) is 0 Å². The number of aryl methyl sites for hydroxylation is 1. The van der Waals surface area contributed by atoms with Gasteiger partial charge in [-0.3, -0.25) is 4.98 Å².